The molecular weight excluding hydrogens is 353 g/mol. The largest absolute Gasteiger partial charge is 0.348 e. The molecule has 2 aromatic rings. The molecule has 1 unspecified atom stereocenters. The summed E-state index contributed by atoms with van der Waals surface area (Å²) in [5.41, 5.74) is 1.37. The van der Waals surface area contributed by atoms with Gasteiger partial charge < -0.3 is 20.1 Å². The number of halogens is 2. The van der Waals surface area contributed by atoms with E-state index in [4.69, 9.17) is 0 Å². The Morgan fingerprint density at radius 2 is 2.21 bits per heavy atom. The first kappa shape index (κ1) is 20.4. The van der Waals surface area contributed by atoms with E-state index in [0.717, 1.165) is 31.4 Å². The lowest BCUT2D eigenvalue weighted by atomic mass is 10.2. The molecule has 0 saturated carbocycles. The molecule has 1 saturated heterocycles. The van der Waals surface area contributed by atoms with Crippen LogP contribution < -0.4 is 10.2 Å². The van der Waals surface area contributed by atoms with E-state index in [2.05, 4.69) is 25.3 Å². The minimum Gasteiger partial charge on any atom is -0.348 e. The van der Waals surface area contributed by atoms with E-state index in [1.165, 1.54) is 6.33 Å². The maximum Gasteiger partial charge on any atom is 0.242 e. The molecule has 8 nitrogen and oxygen atoms in total. The van der Waals surface area contributed by atoms with Crippen molar-refractivity contribution in [3.8, 4) is 0 Å². The van der Waals surface area contributed by atoms with Gasteiger partial charge in [-0.25, -0.2) is 15.0 Å². The van der Waals surface area contributed by atoms with Crippen molar-refractivity contribution >= 4 is 47.7 Å². The molecular formula is C14H23Cl2N7O. The summed E-state index contributed by atoms with van der Waals surface area (Å²) in [7, 11) is 3.78. The van der Waals surface area contributed by atoms with Gasteiger partial charge in [0.2, 0.25) is 5.91 Å². The van der Waals surface area contributed by atoms with E-state index in [1.807, 2.05) is 23.9 Å². The van der Waals surface area contributed by atoms with E-state index >= 15 is 0 Å². The van der Waals surface area contributed by atoms with Gasteiger partial charge in [0.05, 0.1) is 12.9 Å². The Morgan fingerprint density at radius 3 is 2.96 bits per heavy atom. The average Bonchev–Trinajstić information content (AvgIpc) is 3.15. The number of hydrogen-bond acceptors (Lipinski definition) is 6. The van der Waals surface area contributed by atoms with Crippen LogP contribution in [0.15, 0.2) is 12.7 Å². The zero-order valence-corrected chi connectivity index (χ0v) is 15.4. The lowest BCUT2D eigenvalue weighted by Crippen LogP contribution is -2.45. The molecule has 1 aliphatic heterocycles. The van der Waals surface area contributed by atoms with Crippen molar-refractivity contribution in [1.29, 1.82) is 0 Å². The van der Waals surface area contributed by atoms with Gasteiger partial charge in [-0.05, 0) is 19.9 Å². The topological polar surface area (TPSA) is 90.0 Å². The van der Waals surface area contributed by atoms with Crippen LogP contribution >= 0.6 is 24.8 Å². The van der Waals surface area contributed by atoms with Crippen LogP contribution in [0.5, 0.6) is 0 Å². The number of H-pyrrole nitrogens is 1. The number of imidazole rings is 1. The van der Waals surface area contributed by atoms with Crippen LogP contribution in [0.1, 0.15) is 12.8 Å². The van der Waals surface area contributed by atoms with Crippen molar-refractivity contribution in [3.63, 3.8) is 0 Å². The van der Waals surface area contributed by atoms with Gasteiger partial charge in [-0.2, -0.15) is 0 Å². The van der Waals surface area contributed by atoms with Crippen molar-refractivity contribution in [2.24, 2.45) is 0 Å². The Morgan fingerprint density at radius 1 is 1.42 bits per heavy atom. The van der Waals surface area contributed by atoms with E-state index in [0.29, 0.717) is 24.1 Å². The molecule has 0 aliphatic carbocycles. The summed E-state index contributed by atoms with van der Waals surface area (Å²) in [6, 6.07) is 0.295. The molecule has 134 valence electrons. The maximum absolute atomic E-state index is 12.6. The molecule has 3 rings (SSSR count). The Hall–Kier alpha value is -1.64. The predicted molar refractivity (Wildman–Crippen MR) is 98.1 cm³/mol. The van der Waals surface area contributed by atoms with Crippen molar-refractivity contribution in [1.82, 2.24) is 30.2 Å². The number of carbonyl (C=O) groups is 1. The summed E-state index contributed by atoms with van der Waals surface area (Å²) in [5.74, 6) is 0.826. The number of anilines is 1. The number of hydrogen-bond donors (Lipinski definition) is 2. The van der Waals surface area contributed by atoms with Gasteiger partial charge in [0.1, 0.15) is 11.8 Å². The molecule has 1 amide bonds. The number of likely N-dealkylation sites (tertiary alicyclic amines) is 1. The van der Waals surface area contributed by atoms with Gasteiger partial charge in [0.25, 0.3) is 0 Å². The van der Waals surface area contributed by atoms with Crippen molar-refractivity contribution in [2.45, 2.75) is 18.9 Å². The van der Waals surface area contributed by atoms with Crippen LogP contribution in [-0.2, 0) is 4.79 Å². The average molecular weight is 376 g/mol. The minimum absolute atomic E-state index is 0. The first-order valence-electron chi connectivity index (χ1n) is 7.50. The van der Waals surface area contributed by atoms with Crippen molar-refractivity contribution in [3.05, 3.63) is 12.7 Å². The summed E-state index contributed by atoms with van der Waals surface area (Å²) in [4.78, 5) is 31.9. The zero-order valence-electron chi connectivity index (χ0n) is 13.7. The molecule has 0 aromatic carbocycles. The van der Waals surface area contributed by atoms with Crippen LogP contribution in [0.4, 0.5) is 5.82 Å². The molecule has 1 aliphatic rings. The number of rotatable bonds is 5. The minimum atomic E-state index is 0. The summed E-state index contributed by atoms with van der Waals surface area (Å²) < 4.78 is 0. The quantitative estimate of drug-likeness (QED) is 0.804. The summed E-state index contributed by atoms with van der Waals surface area (Å²) >= 11 is 0. The monoisotopic (exact) mass is 375 g/mol. The fourth-order valence-corrected chi connectivity index (χ4v) is 3.02. The number of carbonyl (C=O) groups excluding carboxylic acids is 1. The van der Waals surface area contributed by atoms with E-state index in [9.17, 15) is 4.79 Å². The number of nitrogens with zero attached hydrogens (tertiary/aromatic N) is 5. The molecule has 0 bridgehead atoms. The SMILES string of the molecule is CNCC1CCCN1C(=O)CN(C)c1ncnc2nc[nH]c12.Cl.Cl. The highest BCUT2D eigenvalue weighted by molar-refractivity contribution is 5.87. The molecule has 10 heteroatoms. The Balaban J connectivity index is 0.00000144. The highest BCUT2D eigenvalue weighted by Crippen LogP contribution is 2.20. The van der Waals surface area contributed by atoms with Gasteiger partial charge in [-0.3, -0.25) is 4.79 Å². The highest BCUT2D eigenvalue weighted by Gasteiger charge is 2.28. The van der Waals surface area contributed by atoms with Crippen LogP contribution in [0.2, 0.25) is 0 Å². The van der Waals surface area contributed by atoms with Crippen molar-refractivity contribution < 1.29 is 4.79 Å². The molecule has 3 heterocycles. The molecule has 0 radical (unpaired) electrons. The third kappa shape index (κ3) is 4.06. The molecule has 1 atom stereocenters. The summed E-state index contributed by atoms with van der Waals surface area (Å²) in [5, 5.41) is 3.16. The smallest absolute Gasteiger partial charge is 0.242 e. The highest BCUT2D eigenvalue weighted by atomic mass is 35.5. The second kappa shape index (κ2) is 9.00. The molecule has 2 aromatic heterocycles. The van der Waals surface area contributed by atoms with Gasteiger partial charge in [-0.15, -0.1) is 24.8 Å². The van der Waals surface area contributed by atoms with Crippen LogP contribution in [-0.4, -0.2) is 70.5 Å². The van der Waals surface area contributed by atoms with Crippen LogP contribution in [0.25, 0.3) is 11.2 Å². The predicted octanol–water partition coefficient (Wildman–Crippen LogP) is 0.843. The molecule has 2 N–H and O–H groups in total. The molecule has 24 heavy (non-hydrogen) atoms. The standard InChI is InChI=1S/C14H21N7O.2ClH/c1-15-6-10-4-3-5-21(10)11(22)7-20(2)14-12-13(17-8-16-12)18-9-19-14;;/h8-10,15H,3-7H2,1-2H3,(H,16,17,18,19);2*1H. The third-order valence-corrected chi connectivity index (χ3v) is 4.07. The first-order chi connectivity index (χ1) is 10.7. The summed E-state index contributed by atoms with van der Waals surface area (Å²) in [6.45, 7) is 1.97. The Labute approximate surface area is 153 Å². The third-order valence-electron chi connectivity index (χ3n) is 4.07. The Kier molecular flexibility index (Phi) is 7.65. The molecule has 0 spiro atoms. The fraction of sp³-hybridized carbons (Fsp3) is 0.571. The van der Waals surface area contributed by atoms with Gasteiger partial charge in [0.15, 0.2) is 11.5 Å². The number of amides is 1. The van der Waals surface area contributed by atoms with Crippen molar-refractivity contribution in [2.75, 3.05) is 38.6 Å². The Bertz CT molecular complexity index is 665. The van der Waals surface area contributed by atoms with Gasteiger partial charge >= 0.3 is 0 Å². The second-order valence-electron chi connectivity index (χ2n) is 5.60. The second-order valence-corrected chi connectivity index (χ2v) is 5.60. The lowest BCUT2D eigenvalue weighted by Gasteiger charge is -2.27. The number of fused-ring (bicyclic) bond motifs is 1. The lowest BCUT2D eigenvalue weighted by molar-refractivity contribution is -0.130. The normalized spacial score (nSPS) is 16.6. The van der Waals surface area contributed by atoms with E-state index < -0.39 is 0 Å². The zero-order chi connectivity index (χ0) is 15.5. The van der Waals surface area contributed by atoms with E-state index in [1.54, 1.807) is 6.33 Å². The number of aromatic amines is 1. The molecule has 1 fully saturated rings. The maximum atomic E-state index is 12.6. The first-order valence-corrected chi connectivity index (χ1v) is 7.50. The van der Waals surface area contributed by atoms with Crippen LogP contribution in [0.3, 0.4) is 0 Å². The van der Waals surface area contributed by atoms with E-state index in [-0.39, 0.29) is 30.7 Å². The number of aromatic nitrogens is 4. The number of likely N-dealkylation sites (N-methyl/N-ethyl adjacent to an activating group) is 2. The van der Waals surface area contributed by atoms with Gasteiger partial charge in [0, 0.05) is 26.2 Å². The fourth-order valence-electron chi connectivity index (χ4n) is 3.02. The van der Waals surface area contributed by atoms with Gasteiger partial charge in [-0.1, -0.05) is 0 Å². The number of nitrogens with one attached hydrogen (secondary N) is 2. The summed E-state index contributed by atoms with van der Waals surface area (Å²) in [6.07, 6.45) is 5.19. The van der Waals surface area contributed by atoms with Crippen LogP contribution in [0, 0.1) is 0 Å².